The van der Waals surface area contributed by atoms with Gasteiger partial charge in [0.1, 0.15) is 0 Å². The topological polar surface area (TPSA) is 41.6 Å². The maximum Gasteiger partial charge on any atom is 0.317 e. The summed E-state index contributed by atoms with van der Waals surface area (Å²) in [6.07, 6.45) is 10.2. The van der Waals surface area contributed by atoms with Gasteiger partial charge in [-0.15, -0.1) is 0 Å². The van der Waals surface area contributed by atoms with E-state index in [0.29, 0.717) is 12.0 Å². The average Bonchev–Trinajstić information content (AvgIpc) is 3.22. The summed E-state index contributed by atoms with van der Waals surface area (Å²) in [5, 5.41) is 3.26. The molecule has 1 N–H and O–H groups in total. The van der Waals surface area contributed by atoms with Crippen LogP contribution >= 0.6 is 0 Å². The van der Waals surface area contributed by atoms with Gasteiger partial charge in [-0.2, -0.15) is 0 Å². The molecular weight excluding hydrogens is 300 g/mol. The fourth-order valence-corrected chi connectivity index (χ4v) is 5.21. The number of carbonyl (C=O) groups is 1. The molecule has 3 atom stereocenters. The number of urea groups is 1. The maximum atomic E-state index is 12.8. The molecule has 0 radical (unpaired) electrons. The summed E-state index contributed by atoms with van der Waals surface area (Å²) in [6, 6.07) is 0.663. The van der Waals surface area contributed by atoms with Crippen molar-refractivity contribution in [1.82, 2.24) is 10.2 Å². The van der Waals surface area contributed by atoms with Crippen molar-refractivity contribution in [3.8, 4) is 0 Å². The minimum Gasteiger partial charge on any atom is -0.377 e. The van der Waals surface area contributed by atoms with Crippen molar-refractivity contribution < 1.29 is 9.53 Å². The quantitative estimate of drug-likeness (QED) is 0.839. The van der Waals surface area contributed by atoms with E-state index >= 15 is 0 Å². The van der Waals surface area contributed by atoms with Gasteiger partial charge in [-0.1, -0.05) is 33.6 Å². The molecule has 1 aliphatic carbocycles. The summed E-state index contributed by atoms with van der Waals surface area (Å²) >= 11 is 0. The van der Waals surface area contributed by atoms with E-state index in [1.54, 1.807) is 0 Å². The lowest BCUT2D eigenvalue weighted by atomic mass is 9.78. The van der Waals surface area contributed by atoms with Gasteiger partial charge in [-0.25, -0.2) is 4.79 Å². The highest BCUT2D eigenvalue weighted by Gasteiger charge is 2.38. The van der Waals surface area contributed by atoms with E-state index in [1.165, 1.54) is 38.5 Å². The number of ether oxygens (including phenoxy) is 1. The molecule has 2 amide bonds. The highest BCUT2D eigenvalue weighted by Crippen LogP contribution is 2.36. The van der Waals surface area contributed by atoms with E-state index in [4.69, 9.17) is 4.74 Å². The molecule has 2 heterocycles. The number of hydrogen-bond acceptors (Lipinski definition) is 2. The van der Waals surface area contributed by atoms with Gasteiger partial charge in [0.05, 0.1) is 6.10 Å². The molecule has 4 nitrogen and oxygen atoms in total. The van der Waals surface area contributed by atoms with Crippen LogP contribution in [0.3, 0.4) is 0 Å². The Morgan fingerprint density at radius 2 is 1.83 bits per heavy atom. The second kappa shape index (κ2) is 7.63. The third-order valence-corrected chi connectivity index (χ3v) is 6.32. The Labute approximate surface area is 147 Å². The standard InChI is InChI=1S/C20H36N2O2/c1-20(2,3)18-16(10-7-13-24-18)14-21-19(23)22-12-6-11-17(22)15-8-4-5-9-15/h15-18H,4-14H2,1-3H3,(H,21,23)/t16-,17-,18-/m1/s1. The second-order valence-electron chi connectivity index (χ2n) is 9.19. The molecule has 0 spiro atoms. The molecule has 0 aromatic heterocycles. The average molecular weight is 337 g/mol. The van der Waals surface area contributed by atoms with Crippen molar-refractivity contribution in [3.63, 3.8) is 0 Å². The number of rotatable bonds is 3. The van der Waals surface area contributed by atoms with Crippen LogP contribution in [0.1, 0.15) is 72.1 Å². The SMILES string of the molecule is CC(C)(C)[C@@H]1OCCC[C@@H]1CNC(=O)N1CCC[C@@H]1C1CCCC1. The molecular formula is C20H36N2O2. The van der Waals surface area contributed by atoms with Crippen LogP contribution in [-0.4, -0.2) is 42.8 Å². The fraction of sp³-hybridized carbons (Fsp3) is 0.950. The van der Waals surface area contributed by atoms with Crippen LogP contribution < -0.4 is 5.32 Å². The van der Waals surface area contributed by atoms with Gasteiger partial charge in [-0.3, -0.25) is 0 Å². The molecule has 138 valence electrons. The number of carbonyl (C=O) groups excluding carboxylic acids is 1. The minimum atomic E-state index is 0.135. The van der Waals surface area contributed by atoms with Gasteiger partial charge in [0.15, 0.2) is 0 Å². The number of likely N-dealkylation sites (tertiary alicyclic amines) is 1. The third-order valence-electron chi connectivity index (χ3n) is 6.32. The molecule has 24 heavy (non-hydrogen) atoms. The smallest absolute Gasteiger partial charge is 0.317 e. The number of amides is 2. The van der Waals surface area contributed by atoms with E-state index in [0.717, 1.165) is 38.5 Å². The summed E-state index contributed by atoms with van der Waals surface area (Å²) in [5.41, 5.74) is 0.135. The van der Waals surface area contributed by atoms with Crippen LogP contribution in [0.25, 0.3) is 0 Å². The molecule has 0 unspecified atom stereocenters. The molecule has 3 rings (SSSR count). The van der Waals surface area contributed by atoms with Crippen molar-refractivity contribution in [2.24, 2.45) is 17.3 Å². The Morgan fingerprint density at radius 1 is 1.08 bits per heavy atom. The largest absolute Gasteiger partial charge is 0.377 e. The van der Waals surface area contributed by atoms with Gasteiger partial charge < -0.3 is 15.0 Å². The zero-order valence-corrected chi connectivity index (χ0v) is 15.9. The van der Waals surface area contributed by atoms with Gasteiger partial charge in [-0.05, 0) is 49.9 Å². The molecule has 4 heteroatoms. The van der Waals surface area contributed by atoms with Crippen LogP contribution in [-0.2, 0) is 4.74 Å². The lowest BCUT2D eigenvalue weighted by Crippen LogP contribution is -2.49. The third kappa shape index (κ3) is 4.07. The molecule has 1 saturated carbocycles. The van der Waals surface area contributed by atoms with Gasteiger partial charge in [0.25, 0.3) is 0 Å². The van der Waals surface area contributed by atoms with Crippen molar-refractivity contribution in [2.75, 3.05) is 19.7 Å². The predicted octanol–water partition coefficient (Wildman–Crippen LogP) is 4.19. The molecule has 2 aliphatic heterocycles. The zero-order valence-electron chi connectivity index (χ0n) is 15.9. The van der Waals surface area contributed by atoms with Crippen LogP contribution in [0.5, 0.6) is 0 Å². The number of hydrogen-bond donors (Lipinski definition) is 1. The minimum absolute atomic E-state index is 0.135. The summed E-state index contributed by atoms with van der Waals surface area (Å²) in [7, 11) is 0. The van der Waals surface area contributed by atoms with Crippen molar-refractivity contribution in [2.45, 2.75) is 84.3 Å². The summed E-state index contributed by atoms with van der Waals surface area (Å²) in [5.74, 6) is 1.19. The monoisotopic (exact) mass is 336 g/mol. The zero-order chi connectivity index (χ0) is 17.2. The van der Waals surface area contributed by atoms with E-state index in [1.807, 2.05) is 0 Å². The Kier molecular flexibility index (Phi) is 5.74. The molecule has 3 fully saturated rings. The van der Waals surface area contributed by atoms with Gasteiger partial charge >= 0.3 is 6.03 Å². The van der Waals surface area contributed by atoms with Crippen molar-refractivity contribution in [1.29, 1.82) is 0 Å². The predicted molar refractivity (Wildman–Crippen MR) is 97.0 cm³/mol. The lowest BCUT2D eigenvalue weighted by Gasteiger charge is -2.40. The molecule has 0 bridgehead atoms. The first-order valence-electron chi connectivity index (χ1n) is 10.1. The van der Waals surface area contributed by atoms with Crippen LogP contribution in [0.15, 0.2) is 0 Å². The highest BCUT2D eigenvalue weighted by molar-refractivity contribution is 5.74. The van der Waals surface area contributed by atoms with Crippen molar-refractivity contribution >= 4 is 6.03 Å². The Hall–Kier alpha value is -0.770. The lowest BCUT2D eigenvalue weighted by molar-refractivity contribution is -0.0839. The summed E-state index contributed by atoms with van der Waals surface area (Å²) < 4.78 is 6.05. The second-order valence-corrected chi connectivity index (χ2v) is 9.19. The van der Waals surface area contributed by atoms with E-state index in [2.05, 4.69) is 31.0 Å². The maximum absolute atomic E-state index is 12.8. The Morgan fingerprint density at radius 3 is 2.54 bits per heavy atom. The van der Waals surface area contributed by atoms with Crippen LogP contribution in [0, 0.1) is 17.3 Å². The van der Waals surface area contributed by atoms with Gasteiger partial charge in [0.2, 0.25) is 0 Å². The van der Waals surface area contributed by atoms with Crippen molar-refractivity contribution in [3.05, 3.63) is 0 Å². The first-order chi connectivity index (χ1) is 11.5. The van der Waals surface area contributed by atoms with Crippen LogP contribution in [0.4, 0.5) is 4.79 Å². The summed E-state index contributed by atoms with van der Waals surface area (Å²) in [4.78, 5) is 14.9. The van der Waals surface area contributed by atoms with E-state index in [9.17, 15) is 4.79 Å². The van der Waals surface area contributed by atoms with E-state index in [-0.39, 0.29) is 17.6 Å². The first-order valence-corrected chi connectivity index (χ1v) is 10.1. The number of nitrogens with zero attached hydrogens (tertiary/aromatic N) is 1. The molecule has 0 aromatic carbocycles. The normalized spacial score (nSPS) is 32.3. The molecule has 0 aromatic rings. The van der Waals surface area contributed by atoms with E-state index < -0.39 is 0 Å². The van der Waals surface area contributed by atoms with Crippen LogP contribution in [0.2, 0.25) is 0 Å². The summed E-state index contributed by atoms with van der Waals surface area (Å²) in [6.45, 7) is 9.30. The first kappa shape index (κ1) is 18.0. The Bertz CT molecular complexity index is 426. The molecule has 3 aliphatic rings. The highest BCUT2D eigenvalue weighted by atomic mass is 16.5. The molecule has 2 saturated heterocycles. The van der Waals surface area contributed by atoms with Gasteiger partial charge in [0, 0.05) is 31.7 Å². The number of nitrogens with one attached hydrogen (secondary N) is 1. The Balaban J connectivity index is 1.54. The fourth-order valence-electron chi connectivity index (χ4n) is 5.21.